The molecule has 14 heavy (non-hydrogen) atoms. The van der Waals surface area contributed by atoms with Crippen molar-refractivity contribution in [2.45, 2.75) is 37.9 Å². The van der Waals surface area contributed by atoms with Gasteiger partial charge in [0.2, 0.25) is 0 Å². The molecule has 0 unspecified atom stereocenters. The van der Waals surface area contributed by atoms with Gasteiger partial charge >= 0.3 is 0 Å². The van der Waals surface area contributed by atoms with E-state index in [1.807, 2.05) is 6.92 Å². The number of aliphatic hydroxyl groups is 2. The molecule has 0 aliphatic heterocycles. The van der Waals surface area contributed by atoms with Crippen LogP contribution in [0.15, 0.2) is 12.2 Å². The average Bonchev–Trinajstić information content (AvgIpc) is 2.10. The van der Waals surface area contributed by atoms with Crippen molar-refractivity contribution < 1.29 is 14.9 Å². The van der Waals surface area contributed by atoms with Crippen LogP contribution in [0.2, 0.25) is 0 Å². The minimum Gasteiger partial charge on any atom is -0.390 e. The fourth-order valence-corrected chi connectivity index (χ4v) is 2.06. The van der Waals surface area contributed by atoms with Crippen LogP contribution in [0.25, 0.3) is 0 Å². The second kappa shape index (κ2) is 4.43. The van der Waals surface area contributed by atoms with Crippen molar-refractivity contribution in [3.8, 4) is 0 Å². The Hall–Kier alpha value is -0.380. The molecule has 1 aliphatic carbocycles. The van der Waals surface area contributed by atoms with Crippen molar-refractivity contribution in [3.05, 3.63) is 12.2 Å². The van der Waals surface area contributed by atoms with Gasteiger partial charge in [-0.25, -0.2) is 0 Å². The summed E-state index contributed by atoms with van der Waals surface area (Å²) >= 11 is 0. The number of hydrogen-bond donors (Lipinski definition) is 2. The van der Waals surface area contributed by atoms with Gasteiger partial charge in [-0.3, -0.25) is 0 Å². The van der Waals surface area contributed by atoms with Crippen LogP contribution in [0.4, 0.5) is 0 Å². The molecule has 0 radical (unpaired) electrons. The normalized spacial score (nSPS) is 38.3. The quantitative estimate of drug-likeness (QED) is 0.671. The molecule has 1 rings (SSSR count). The van der Waals surface area contributed by atoms with Crippen molar-refractivity contribution in [2.75, 3.05) is 13.7 Å². The second-order valence-electron chi connectivity index (χ2n) is 4.37. The largest absolute Gasteiger partial charge is 0.390 e. The monoisotopic (exact) mass is 200 g/mol. The van der Waals surface area contributed by atoms with E-state index in [0.29, 0.717) is 18.8 Å². The van der Waals surface area contributed by atoms with E-state index in [1.165, 1.54) is 7.11 Å². The first-order valence-corrected chi connectivity index (χ1v) is 5.04. The Morgan fingerprint density at radius 3 is 2.71 bits per heavy atom. The highest BCUT2D eigenvalue weighted by atomic mass is 16.5. The topological polar surface area (TPSA) is 49.7 Å². The molecule has 82 valence electrons. The molecule has 0 aromatic heterocycles. The third-order valence-corrected chi connectivity index (χ3v) is 3.14. The van der Waals surface area contributed by atoms with E-state index in [2.05, 4.69) is 6.58 Å². The zero-order chi connectivity index (χ0) is 10.8. The summed E-state index contributed by atoms with van der Waals surface area (Å²) in [5.74, 6) is 0.335. The number of aliphatic hydroxyl groups excluding tert-OH is 1. The first kappa shape index (κ1) is 11.7. The van der Waals surface area contributed by atoms with Crippen LogP contribution in [-0.4, -0.2) is 35.6 Å². The molecule has 0 saturated heterocycles. The maximum atomic E-state index is 10.0. The van der Waals surface area contributed by atoms with E-state index < -0.39 is 11.7 Å². The molecule has 0 amide bonds. The van der Waals surface area contributed by atoms with Crippen molar-refractivity contribution >= 4 is 0 Å². The van der Waals surface area contributed by atoms with Crippen LogP contribution >= 0.6 is 0 Å². The molecule has 3 heteroatoms. The van der Waals surface area contributed by atoms with Gasteiger partial charge in [0, 0.05) is 7.11 Å². The number of ether oxygens (including phenoxy) is 1. The molecule has 0 aromatic carbocycles. The Bertz CT molecular complexity index is 215. The SMILES string of the molecule is C=C(C)[C@@H]1CC[C@@](O)(COC)[C@H](O)C1. The molecule has 0 bridgehead atoms. The predicted octanol–water partition coefficient (Wildman–Crippen LogP) is 1.10. The smallest absolute Gasteiger partial charge is 0.114 e. The van der Waals surface area contributed by atoms with Crippen molar-refractivity contribution in [1.82, 2.24) is 0 Å². The fourth-order valence-electron chi connectivity index (χ4n) is 2.06. The van der Waals surface area contributed by atoms with Gasteiger partial charge in [-0.1, -0.05) is 12.2 Å². The second-order valence-corrected chi connectivity index (χ2v) is 4.37. The Kier molecular flexibility index (Phi) is 3.70. The van der Waals surface area contributed by atoms with Crippen LogP contribution in [0, 0.1) is 5.92 Å². The Labute approximate surface area is 85.4 Å². The molecule has 1 aliphatic rings. The minimum absolute atomic E-state index is 0.205. The van der Waals surface area contributed by atoms with Crippen LogP contribution < -0.4 is 0 Å². The van der Waals surface area contributed by atoms with E-state index in [0.717, 1.165) is 12.0 Å². The van der Waals surface area contributed by atoms with E-state index >= 15 is 0 Å². The van der Waals surface area contributed by atoms with Crippen molar-refractivity contribution in [2.24, 2.45) is 5.92 Å². The molecule has 0 aromatic rings. The maximum absolute atomic E-state index is 10.0. The fraction of sp³-hybridized carbons (Fsp3) is 0.818. The highest BCUT2D eigenvalue weighted by Crippen LogP contribution is 2.35. The lowest BCUT2D eigenvalue weighted by Gasteiger charge is -2.40. The molecule has 0 spiro atoms. The number of methoxy groups -OCH3 is 1. The molecule has 2 N–H and O–H groups in total. The molecule has 1 saturated carbocycles. The summed E-state index contributed by atoms with van der Waals surface area (Å²) in [5, 5.41) is 19.8. The van der Waals surface area contributed by atoms with Crippen LogP contribution in [0.1, 0.15) is 26.2 Å². The lowest BCUT2D eigenvalue weighted by atomic mass is 9.75. The summed E-state index contributed by atoms with van der Waals surface area (Å²) in [6, 6.07) is 0. The molecule has 0 heterocycles. The van der Waals surface area contributed by atoms with Crippen molar-refractivity contribution in [3.63, 3.8) is 0 Å². The first-order chi connectivity index (χ1) is 6.49. The zero-order valence-corrected chi connectivity index (χ0v) is 8.99. The summed E-state index contributed by atoms with van der Waals surface area (Å²) in [6.45, 7) is 6.06. The summed E-state index contributed by atoms with van der Waals surface area (Å²) in [6.07, 6.45) is 1.36. The Morgan fingerprint density at radius 2 is 2.29 bits per heavy atom. The summed E-state index contributed by atoms with van der Waals surface area (Å²) in [7, 11) is 1.54. The van der Waals surface area contributed by atoms with Crippen LogP contribution in [0.3, 0.4) is 0 Å². The molecular weight excluding hydrogens is 180 g/mol. The average molecular weight is 200 g/mol. The van der Waals surface area contributed by atoms with Gasteiger partial charge in [-0.05, 0) is 32.1 Å². The van der Waals surface area contributed by atoms with Gasteiger partial charge in [-0.15, -0.1) is 0 Å². The van der Waals surface area contributed by atoms with Crippen LogP contribution in [0.5, 0.6) is 0 Å². The van der Waals surface area contributed by atoms with E-state index in [4.69, 9.17) is 4.74 Å². The van der Waals surface area contributed by atoms with Gasteiger partial charge in [-0.2, -0.15) is 0 Å². The third-order valence-electron chi connectivity index (χ3n) is 3.14. The number of allylic oxidation sites excluding steroid dienone is 1. The summed E-state index contributed by atoms with van der Waals surface area (Å²) in [4.78, 5) is 0. The summed E-state index contributed by atoms with van der Waals surface area (Å²) < 4.78 is 4.92. The van der Waals surface area contributed by atoms with Gasteiger partial charge in [0.1, 0.15) is 5.60 Å². The Balaban J connectivity index is 2.59. The molecule has 1 fully saturated rings. The minimum atomic E-state index is -1.05. The molecular formula is C11H20O3. The highest BCUT2D eigenvalue weighted by Gasteiger charge is 2.41. The van der Waals surface area contributed by atoms with Gasteiger partial charge in [0.05, 0.1) is 12.7 Å². The highest BCUT2D eigenvalue weighted by molar-refractivity contribution is 5.04. The van der Waals surface area contributed by atoms with Gasteiger partial charge in [0.25, 0.3) is 0 Å². The standard InChI is InChI=1S/C11H20O3/c1-8(2)9-4-5-11(13,7-14-3)10(12)6-9/h9-10,12-13H,1,4-7H2,2-3H3/t9-,10-,11-/m1/s1. The summed E-state index contributed by atoms with van der Waals surface area (Å²) in [5.41, 5.74) is 0.0317. The molecule has 3 nitrogen and oxygen atoms in total. The third kappa shape index (κ3) is 2.35. The Morgan fingerprint density at radius 1 is 1.64 bits per heavy atom. The van der Waals surface area contributed by atoms with Gasteiger partial charge in [0.15, 0.2) is 0 Å². The van der Waals surface area contributed by atoms with E-state index in [1.54, 1.807) is 0 Å². The van der Waals surface area contributed by atoms with Gasteiger partial charge < -0.3 is 14.9 Å². The lowest BCUT2D eigenvalue weighted by Crippen LogP contribution is -2.50. The van der Waals surface area contributed by atoms with Crippen molar-refractivity contribution in [1.29, 1.82) is 0 Å². The van der Waals surface area contributed by atoms with E-state index in [-0.39, 0.29) is 6.61 Å². The zero-order valence-electron chi connectivity index (χ0n) is 8.99. The predicted molar refractivity (Wildman–Crippen MR) is 55.0 cm³/mol. The van der Waals surface area contributed by atoms with Crippen LogP contribution in [-0.2, 0) is 4.74 Å². The number of rotatable bonds is 3. The number of hydrogen-bond acceptors (Lipinski definition) is 3. The first-order valence-electron chi connectivity index (χ1n) is 5.04. The molecule has 3 atom stereocenters. The lowest BCUT2D eigenvalue weighted by molar-refractivity contribution is -0.139. The van der Waals surface area contributed by atoms with E-state index in [9.17, 15) is 10.2 Å². The maximum Gasteiger partial charge on any atom is 0.114 e.